The molecule has 19 heavy (non-hydrogen) atoms. The molecule has 3 heteroatoms. The summed E-state index contributed by atoms with van der Waals surface area (Å²) in [5.74, 6) is 1.18. The summed E-state index contributed by atoms with van der Waals surface area (Å²) in [6.07, 6.45) is 15.1. The summed E-state index contributed by atoms with van der Waals surface area (Å²) in [6, 6.07) is 4.03. The van der Waals surface area contributed by atoms with Gasteiger partial charge < -0.3 is 4.90 Å². The van der Waals surface area contributed by atoms with E-state index in [1.807, 2.05) is 38.1 Å². The number of pyridine rings is 1. The normalized spacial score (nSPS) is 13.8. The van der Waals surface area contributed by atoms with Crippen LogP contribution in [-0.2, 0) is 6.54 Å². The van der Waals surface area contributed by atoms with Crippen molar-refractivity contribution in [3.8, 4) is 0 Å². The second-order valence-corrected chi connectivity index (χ2v) is 5.66. The average Bonchev–Trinajstić information content (AvgIpc) is 2.41. The lowest BCUT2D eigenvalue weighted by molar-refractivity contribution is 0.402. The molecule has 1 heterocycles. The van der Waals surface area contributed by atoms with Crippen molar-refractivity contribution in [1.29, 1.82) is 0 Å². The zero-order chi connectivity index (χ0) is 13.9. The first-order valence-electron chi connectivity index (χ1n) is 6.60. The molecule has 0 atom stereocenters. The van der Waals surface area contributed by atoms with Crippen molar-refractivity contribution < 1.29 is 0 Å². The molecule has 0 amide bonds. The van der Waals surface area contributed by atoms with Gasteiger partial charge in [0.25, 0.3) is 0 Å². The van der Waals surface area contributed by atoms with Crippen LogP contribution in [0.2, 0.25) is 0 Å². The van der Waals surface area contributed by atoms with Crippen molar-refractivity contribution in [2.75, 3.05) is 26.1 Å². The molecule has 2 rings (SSSR count). The number of allylic oxidation sites excluding steroid dienone is 3. The number of nitrogens with zero attached hydrogens (tertiary/aromatic N) is 2. The lowest BCUT2D eigenvalue weighted by atomic mass is 10.1. The van der Waals surface area contributed by atoms with Gasteiger partial charge in [-0.25, -0.2) is 0 Å². The Morgan fingerprint density at radius 3 is 2.68 bits per heavy atom. The lowest BCUT2D eigenvalue weighted by Gasteiger charge is -2.07. The molecule has 0 aromatic carbocycles. The van der Waals surface area contributed by atoms with E-state index < -0.39 is 0 Å². The predicted molar refractivity (Wildman–Crippen MR) is 86.5 cm³/mol. The summed E-state index contributed by atoms with van der Waals surface area (Å²) in [5, 5.41) is 0. The third-order valence-corrected chi connectivity index (χ3v) is 3.23. The molecule has 104 valence electrons. The SMILES string of the molecule is CN(C)Cc1cccnc1.CSCC1=CCCC=C1. The van der Waals surface area contributed by atoms with Crippen LogP contribution in [0.1, 0.15) is 18.4 Å². The number of hydrogen-bond donors (Lipinski definition) is 0. The molecule has 0 radical (unpaired) electrons. The van der Waals surface area contributed by atoms with Crippen molar-refractivity contribution in [3.05, 3.63) is 53.9 Å². The van der Waals surface area contributed by atoms with Crippen molar-refractivity contribution in [2.45, 2.75) is 19.4 Å². The largest absolute Gasteiger partial charge is 0.305 e. The first kappa shape index (κ1) is 16.0. The Bertz CT molecular complexity index is 396. The van der Waals surface area contributed by atoms with Crippen LogP contribution in [0.4, 0.5) is 0 Å². The van der Waals surface area contributed by atoms with Gasteiger partial charge in [-0.1, -0.05) is 24.3 Å². The second kappa shape index (κ2) is 9.82. The van der Waals surface area contributed by atoms with Crippen molar-refractivity contribution >= 4 is 11.8 Å². The summed E-state index contributed by atoms with van der Waals surface area (Å²) in [6.45, 7) is 0.966. The Balaban J connectivity index is 0.000000191. The molecule has 0 N–H and O–H groups in total. The van der Waals surface area contributed by atoms with E-state index >= 15 is 0 Å². The van der Waals surface area contributed by atoms with Gasteiger partial charge >= 0.3 is 0 Å². The minimum Gasteiger partial charge on any atom is -0.305 e. The van der Waals surface area contributed by atoms with E-state index in [0.717, 1.165) is 6.54 Å². The van der Waals surface area contributed by atoms with Gasteiger partial charge in [-0.05, 0) is 50.4 Å². The first-order chi connectivity index (χ1) is 9.22. The van der Waals surface area contributed by atoms with Crippen molar-refractivity contribution in [2.24, 2.45) is 0 Å². The Morgan fingerprint density at radius 1 is 1.32 bits per heavy atom. The summed E-state index contributed by atoms with van der Waals surface area (Å²) in [5.41, 5.74) is 2.75. The molecule has 0 fully saturated rings. The van der Waals surface area contributed by atoms with Gasteiger partial charge in [0, 0.05) is 24.7 Å². The van der Waals surface area contributed by atoms with Gasteiger partial charge in [0.05, 0.1) is 0 Å². The summed E-state index contributed by atoms with van der Waals surface area (Å²) in [7, 11) is 4.10. The van der Waals surface area contributed by atoms with Crippen LogP contribution in [-0.4, -0.2) is 36.0 Å². The third-order valence-electron chi connectivity index (χ3n) is 2.60. The van der Waals surface area contributed by atoms with Crippen LogP contribution < -0.4 is 0 Å². The minimum atomic E-state index is 0.966. The zero-order valence-electron chi connectivity index (χ0n) is 12.2. The highest BCUT2D eigenvalue weighted by Gasteiger charge is 1.94. The highest BCUT2D eigenvalue weighted by Crippen LogP contribution is 2.12. The Morgan fingerprint density at radius 2 is 2.16 bits per heavy atom. The van der Waals surface area contributed by atoms with Gasteiger partial charge in [-0.3, -0.25) is 4.98 Å². The summed E-state index contributed by atoms with van der Waals surface area (Å²) in [4.78, 5) is 6.13. The Kier molecular flexibility index (Phi) is 8.26. The smallest absolute Gasteiger partial charge is 0.0312 e. The minimum absolute atomic E-state index is 0.966. The van der Waals surface area contributed by atoms with Gasteiger partial charge in [0.1, 0.15) is 0 Å². The average molecular weight is 276 g/mol. The number of hydrogen-bond acceptors (Lipinski definition) is 3. The molecule has 0 saturated heterocycles. The quantitative estimate of drug-likeness (QED) is 0.833. The highest BCUT2D eigenvalue weighted by atomic mass is 32.2. The van der Waals surface area contributed by atoms with E-state index in [-0.39, 0.29) is 0 Å². The van der Waals surface area contributed by atoms with Crippen molar-refractivity contribution in [3.63, 3.8) is 0 Å². The zero-order valence-corrected chi connectivity index (χ0v) is 13.0. The molecule has 0 spiro atoms. The fourth-order valence-corrected chi connectivity index (χ4v) is 2.35. The van der Waals surface area contributed by atoms with Crippen LogP contribution in [0.15, 0.2) is 48.3 Å². The fourth-order valence-electron chi connectivity index (χ4n) is 1.80. The van der Waals surface area contributed by atoms with Gasteiger partial charge in [0.15, 0.2) is 0 Å². The van der Waals surface area contributed by atoms with Gasteiger partial charge in [-0.2, -0.15) is 11.8 Å². The van der Waals surface area contributed by atoms with Crippen LogP contribution in [0.25, 0.3) is 0 Å². The van der Waals surface area contributed by atoms with E-state index in [1.165, 1.54) is 29.7 Å². The molecule has 0 bridgehead atoms. The molecule has 0 saturated carbocycles. The standard InChI is InChI=1S/C8H12N2.C8H12S/c1-10(2)7-8-4-3-5-9-6-8;1-9-7-8-5-3-2-4-6-8/h3-6H,7H2,1-2H3;3,5-6H,2,4,7H2,1H3. The van der Waals surface area contributed by atoms with Crippen LogP contribution in [0.5, 0.6) is 0 Å². The van der Waals surface area contributed by atoms with E-state index in [9.17, 15) is 0 Å². The maximum Gasteiger partial charge on any atom is 0.0312 e. The van der Waals surface area contributed by atoms with Gasteiger partial charge in [0.2, 0.25) is 0 Å². The number of thioether (sulfide) groups is 1. The highest BCUT2D eigenvalue weighted by molar-refractivity contribution is 7.98. The summed E-state index contributed by atoms with van der Waals surface area (Å²) >= 11 is 1.89. The Labute approximate surface area is 121 Å². The Hall–Kier alpha value is -1.06. The maximum atomic E-state index is 4.01. The molecule has 0 aliphatic heterocycles. The second-order valence-electron chi connectivity index (χ2n) is 4.79. The van der Waals surface area contributed by atoms with Crippen LogP contribution in [0, 0.1) is 0 Å². The monoisotopic (exact) mass is 276 g/mol. The van der Waals surface area contributed by atoms with Crippen molar-refractivity contribution in [1.82, 2.24) is 9.88 Å². The van der Waals surface area contributed by atoms with E-state index in [1.54, 1.807) is 6.20 Å². The third kappa shape index (κ3) is 7.85. The molecule has 0 unspecified atom stereocenters. The first-order valence-corrected chi connectivity index (χ1v) is 8.00. The lowest BCUT2D eigenvalue weighted by Crippen LogP contribution is -2.10. The molecule has 1 aliphatic rings. The van der Waals surface area contributed by atoms with E-state index in [2.05, 4.69) is 40.4 Å². The van der Waals surface area contributed by atoms with E-state index in [4.69, 9.17) is 0 Å². The van der Waals surface area contributed by atoms with Crippen LogP contribution >= 0.6 is 11.8 Å². The van der Waals surface area contributed by atoms with E-state index in [0.29, 0.717) is 0 Å². The topological polar surface area (TPSA) is 16.1 Å². The predicted octanol–water partition coefficient (Wildman–Crippen LogP) is 3.77. The maximum absolute atomic E-state index is 4.01. The molecule has 1 aliphatic carbocycles. The number of rotatable bonds is 4. The van der Waals surface area contributed by atoms with Crippen LogP contribution in [0.3, 0.4) is 0 Å². The van der Waals surface area contributed by atoms with Gasteiger partial charge in [-0.15, -0.1) is 0 Å². The molecule has 1 aromatic rings. The molecule has 2 nitrogen and oxygen atoms in total. The molecular weight excluding hydrogens is 252 g/mol. The number of aromatic nitrogens is 1. The summed E-state index contributed by atoms with van der Waals surface area (Å²) < 4.78 is 0. The fraction of sp³-hybridized carbons (Fsp3) is 0.438. The molecular formula is C16H24N2S. The molecule has 1 aromatic heterocycles.